The van der Waals surface area contributed by atoms with E-state index in [4.69, 9.17) is 5.11 Å². The smallest absolute Gasteiger partial charge is 0.318 e. The molecule has 0 spiro atoms. The average Bonchev–Trinajstić information content (AvgIpc) is 2.96. The van der Waals surface area contributed by atoms with E-state index in [1.165, 1.54) is 12.8 Å². The number of carboxylic acids is 1. The van der Waals surface area contributed by atoms with Crippen LogP contribution in [0.15, 0.2) is 12.3 Å². The molecule has 1 fully saturated rings. The first-order chi connectivity index (χ1) is 7.18. The zero-order valence-electron chi connectivity index (χ0n) is 8.53. The molecule has 0 radical (unpaired) electrons. The van der Waals surface area contributed by atoms with Gasteiger partial charge in [0.25, 0.3) is 0 Å². The lowest BCUT2D eigenvalue weighted by molar-refractivity contribution is -0.137. The van der Waals surface area contributed by atoms with Gasteiger partial charge >= 0.3 is 12.0 Å². The van der Waals surface area contributed by atoms with Crippen LogP contribution in [-0.4, -0.2) is 23.7 Å². The molecule has 0 unspecified atom stereocenters. The molecule has 84 valence electrons. The molecule has 5 nitrogen and oxygen atoms in total. The van der Waals surface area contributed by atoms with Crippen molar-refractivity contribution >= 4 is 12.0 Å². The summed E-state index contributed by atoms with van der Waals surface area (Å²) < 4.78 is 0. The maximum absolute atomic E-state index is 11.1. The molecule has 1 saturated carbocycles. The van der Waals surface area contributed by atoms with Gasteiger partial charge in [-0.05, 0) is 25.2 Å². The quantitative estimate of drug-likeness (QED) is 0.576. The van der Waals surface area contributed by atoms with E-state index < -0.39 is 5.97 Å². The second kappa shape index (κ2) is 6.06. The summed E-state index contributed by atoms with van der Waals surface area (Å²) in [5, 5.41) is 13.5. The number of amides is 2. The summed E-state index contributed by atoms with van der Waals surface area (Å²) in [5.74, 6) is -0.205. The summed E-state index contributed by atoms with van der Waals surface area (Å²) in [4.78, 5) is 21.2. The molecular weight excluding hydrogens is 196 g/mol. The molecule has 15 heavy (non-hydrogen) atoms. The third-order valence-corrected chi connectivity index (χ3v) is 2.06. The Kier molecular flexibility index (Phi) is 4.66. The summed E-state index contributed by atoms with van der Waals surface area (Å²) >= 11 is 0. The van der Waals surface area contributed by atoms with E-state index in [-0.39, 0.29) is 12.5 Å². The van der Waals surface area contributed by atoms with Gasteiger partial charge in [-0.25, -0.2) is 4.79 Å². The highest BCUT2D eigenvalue weighted by Gasteiger charge is 2.16. The van der Waals surface area contributed by atoms with E-state index >= 15 is 0 Å². The molecule has 0 heterocycles. The van der Waals surface area contributed by atoms with Crippen molar-refractivity contribution in [2.75, 3.05) is 6.54 Å². The van der Waals surface area contributed by atoms with E-state index in [1.54, 1.807) is 6.20 Å². The number of carbonyl (C=O) groups is 2. The molecule has 0 atom stereocenters. The van der Waals surface area contributed by atoms with Gasteiger partial charge in [0.05, 0.1) is 0 Å². The Hall–Kier alpha value is -1.52. The normalized spacial score (nSPS) is 15.2. The van der Waals surface area contributed by atoms with Crippen LogP contribution in [0.1, 0.15) is 25.7 Å². The van der Waals surface area contributed by atoms with Gasteiger partial charge in [-0.3, -0.25) is 4.79 Å². The molecule has 0 aromatic carbocycles. The molecular formula is C10H16N2O3. The number of aliphatic carboxylic acids is 1. The molecule has 1 rings (SSSR count). The summed E-state index contributed by atoms with van der Waals surface area (Å²) in [6.07, 6.45) is 6.56. The minimum Gasteiger partial charge on any atom is -0.481 e. The first-order valence-electron chi connectivity index (χ1n) is 5.11. The zero-order chi connectivity index (χ0) is 11.1. The molecule has 0 saturated heterocycles. The summed E-state index contributed by atoms with van der Waals surface area (Å²) in [7, 11) is 0. The van der Waals surface area contributed by atoms with Crippen molar-refractivity contribution in [3.05, 3.63) is 12.3 Å². The fourth-order valence-electron chi connectivity index (χ4n) is 1.04. The number of carbonyl (C=O) groups excluding carboxylic acids is 1. The van der Waals surface area contributed by atoms with Crippen LogP contribution in [0.25, 0.3) is 0 Å². The molecule has 1 aliphatic carbocycles. The Morgan fingerprint density at radius 3 is 2.73 bits per heavy atom. The van der Waals surface area contributed by atoms with Crippen LogP contribution >= 0.6 is 0 Å². The number of carboxylic acid groups (broad SMARTS) is 1. The van der Waals surface area contributed by atoms with E-state index in [0.29, 0.717) is 18.9 Å². The lowest BCUT2D eigenvalue weighted by atomic mass is 10.3. The summed E-state index contributed by atoms with van der Waals surface area (Å²) in [5.41, 5.74) is 0. The van der Waals surface area contributed by atoms with Gasteiger partial charge in [0.15, 0.2) is 0 Å². The Morgan fingerprint density at radius 2 is 2.13 bits per heavy atom. The van der Waals surface area contributed by atoms with Crippen LogP contribution in [0, 0.1) is 5.92 Å². The molecule has 1 aliphatic rings. The van der Waals surface area contributed by atoms with Crippen molar-refractivity contribution in [1.29, 1.82) is 0 Å². The maximum Gasteiger partial charge on any atom is 0.318 e. The summed E-state index contributed by atoms with van der Waals surface area (Å²) in [6.45, 7) is 0.384. The van der Waals surface area contributed by atoms with Crippen LogP contribution < -0.4 is 10.6 Å². The largest absolute Gasteiger partial charge is 0.481 e. The monoisotopic (exact) mass is 212 g/mol. The standard InChI is InChI=1S/C10H16N2O3/c13-9(14)2-1-6-11-10(15)12-7-5-8-3-4-8/h5,7-8H,1-4,6H2,(H,13,14)(H2,11,12,15)/b7-5+. The Morgan fingerprint density at radius 1 is 1.40 bits per heavy atom. The van der Waals surface area contributed by atoms with Gasteiger partial charge in [0.2, 0.25) is 0 Å². The fourth-order valence-corrected chi connectivity index (χ4v) is 1.04. The van der Waals surface area contributed by atoms with Crippen molar-refractivity contribution in [3.8, 4) is 0 Å². The van der Waals surface area contributed by atoms with E-state index in [0.717, 1.165) is 0 Å². The minimum atomic E-state index is -0.842. The first kappa shape index (κ1) is 11.6. The number of hydrogen-bond acceptors (Lipinski definition) is 2. The Balaban J connectivity index is 1.95. The van der Waals surface area contributed by atoms with Crippen LogP contribution in [-0.2, 0) is 4.79 Å². The van der Waals surface area contributed by atoms with Gasteiger partial charge in [-0.15, -0.1) is 0 Å². The molecule has 5 heteroatoms. The molecule has 0 aliphatic heterocycles. The summed E-state index contributed by atoms with van der Waals surface area (Å²) in [6, 6.07) is -0.280. The third-order valence-electron chi connectivity index (χ3n) is 2.06. The fraction of sp³-hybridized carbons (Fsp3) is 0.600. The minimum absolute atomic E-state index is 0.0815. The first-order valence-corrected chi connectivity index (χ1v) is 5.11. The molecule has 0 aromatic rings. The molecule has 0 bridgehead atoms. The van der Waals surface area contributed by atoms with Crippen molar-refractivity contribution in [1.82, 2.24) is 10.6 Å². The average molecular weight is 212 g/mol. The number of rotatable bonds is 6. The van der Waals surface area contributed by atoms with Crippen molar-refractivity contribution < 1.29 is 14.7 Å². The van der Waals surface area contributed by atoms with Gasteiger partial charge in [-0.2, -0.15) is 0 Å². The maximum atomic E-state index is 11.1. The highest BCUT2D eigenvalue weighted by atomic mass is 16.4. The predicted octanol–water partition coefficient (Wildman–Crippen LogP) is 1.07. The zero-order valence-corrected chi connectivity index (χ0v) is 8.53. The molecule has 0 aromatic heterocycles. The number of nitrogens with one attached hydrogen (secondary N) is 2. The predicted molar refractivity (Wildman–Crippen MR) is 55.3 cm³/mol. The Bertz CT molecular complexity index is 259. The van der Waals surface area contributed by atoms with E-state index in [1.807, 2.05) is 6.08 Å². The second-order valence-corrected chi connectivity index (χ2v) is 3.59. The number of allylic oxidation sites excluding steroid dienone is 1. The van der Waals surface area contributed by atoms with E-state index in [2.05, 4.69) is 10.6 Å². The highest BCUT2D eigenvalue weighted by molar-refractivity contribution is 5.74. The van der Waals surface area contributed by atoms with Gasteiger partial charge < -0.3 is 15.7 Å². The lowest BCUT2D eigenvalue weighted by Gasteiger charge is -2.02. The van der Waals surface area contributed by atoms with Crippen molar-refractivity contribution in [2.45, 2.75) is 25.7 Å². The van der Waals surface area contributed by atoms with Crippen molar-refractivity contribution in [2.24, 2.45) is 5.92 Å². The number of hydrogen-bond donors (Lipinski definition) is 3. The van der Waals surface area contributed by atoms with Gasteiger partial charge in [0, 0.05) is 19.2 Å². The van der Waals surface area contributed by atoms with Gasteiger partial charge in [-0.1, -0.05) is 6.08 Å². The van der Waals surface area contributed by atoms with Crippen LogP contribution in [0.5, 0.6) is 0 Å². The molecule has 3 N–H and O–H groups in total. The highest BCUT2D eigenvalue weighted by Crippen LogP contribution is 2.29. The van der Waals surface area contributed by atoms with E-state index in [9.17, 15) is 9.59 Å². The van der Waals surface area contributed by atoms with Gasteiger partial charge in [0.1, 0.15) is 0 Å². The molecule has 2 amide bonds. The van der Waals surface area contributed by atoms with Crippen LogP contribution in [0.3, 0.4) is 0 Å². The number of urea groups is 1. The van der Waals surface area contributed by atoms with Crippen molar-refractivity contribution in [3.63, 3.8) is 0 Å². The Labute approximate surface area is 88.5 Å². The third kappa shape index (κ3) is 6.54. The second-order valence-electron chi connectivity index (χ2n) is 3.59. The SMILES string of the molecule is O=C(O)CCCNC(=O)N/C=C/C1CC1. The van der Waals surface area contributed by atoms with Crippen LogP contribution in [0.2, 0.25) is 0 Å². The van der Waals surface area contributed by atoms with Crippen LogP contribution in [0.4, 0.5) is 4.79 Å². The topological polar surface area (TPSA) is 78.4 Å². The lowest BCUT2D eigenvalue weighted by Crippen LogP contribution is -2.32.